The van der Waals surface area contributed by atoms with Gasteiger partial charge in [-0.25, -0.2) is 0 Å². The molecule has 0 unspecified atom stereocenters. The van der Waals surface area contributed by atoms with Crippen molar-refractivity contribution in [1.82, 2.24) is 0 Å². The largest absolute Gasteiger partial charge is 0.508 e. The standard InChI is InChI=1S/C23H24O4/c1-16-12-20(8-10-22(16)24)26-14-18-4-6-19(7-5-18)15-27-21-9-11-23(25-3)17(2)13-21/h4-13,24H,14-15H2,1-3H3. The Kier molecular flexibility index (Phi) is 5.87. The Hall–Kier alpha value is -3.14. The maximum Gasteiger partial charge on any atom is 0.122 e. The Balaban J connectivity index is 1.53. The van der Waals surface area contributed by atoms with E-state index >= 15 is 0 Å². The number of phenolic OH excluding ortho intramolecular Hbond substituents is 1. The summed E-state index contributed by atoms with van der Waals surface area (Å²) >= 11 is 0. The summed E-state index contributed by atoms with van der Waals surface area (Å²) in [6.07, 6.45) is 0. The summed E-state index contributed by atoms with van der Waals surface area (Å²) in [5.74, 6) is 2.70. The Labute approximate surface area is 160 Å². The highest BCUT2D eigenvalue weighted by molar-refractivity contribution is 5.40. The summed E-state index contributed by atoms with van der Waals surface area (Å²) in [5, 5.41) is 9.56. The first-order chi connectivity index (χ1) is 13.0. The van der Waals surface area contributed by atoms with Crippen LogP contribution in [0.5, 0.6) is 23.0 Å². The number of aryl methyl sites for hydroxylation is 2. The second-order valence-electron chi connectivity index (χ2n) is 6.47. The van der Waals surface area contributed by atoms with Gasteiger partial charge in [0.25, 0.3) is 0 Å². The van der Waals surface area contributed by atoms with E-state index in [1.54, 1.807) is 19.2 Å². The van der Waals surface area contributed by atoms with Crippen molar-refractivity contribution in [2.75, 3.05) is 7.11 Å². The molecule has 0 aliphatic carbocycles. The Bertz CT molecular complexity index is 901. The molecule has 3 rings (SSSR count). The van der Waals surface area contributed by atoms with Crippen LogP contribution < -0.4 is 14.2 Å². The molecule has 0 bridgehead atoms. The van der Waals surface area contributed by atoms with Crippen LogP contribution in [-0.4, -0.2) is 12.2 Å². The average molecular weight is 364 g/mol. The van der Waals surface area contributed by atoms with Crippen LogP contribution in [0, 0.1) is 13.8 Å². The van der Waals surface area contributed by atoms with Gasteiger partial charge in [0, 0.05) is 0 Å². The zero-order chi connectivity index (χ0) is 19.2. The average Bonchev–Trinajstić information content (AvgIpc) is 2.68. The number of rotatable bonds is 7. The molecule has 0 atom stereocenters. The van der Waals surface area contributed by atoms with Gasteiger partial charge >= 0.3 is 0 Å². The Morgan fingerprint density at radius 1 is 0.704 bits per heavy atom. The zero-order valence-corrected chi connectivity index (χ0v) is 15.9. The smallest absolute Gasteiger partial charge is 0.122 e. The number of methoxy groups -OCH3 is 1. The summed E-state index contributed by atoms with van der Waals surface area (Å²) in [5.41, 5.74) is 4.01. The van der Waals surface area contributed by atoms with Crippen LogP contribution in [0.1, 0.15) is 22.3 Å². The van der Waals surface area contributed by atoms with Crippen molar-refractivity contribution in [3.63, 3.8) is 0 Å². The van der Waals surface area contributed by atoms with Gasteiger partial charge in [-0.3, -0.25) is 0 Å². The van der Waals surface area contributed by atoms with Crippen LogP contribution in [0.15, 0.2) is 60.7 Å². The van der Waals surface area contributed by atoms with Gasteiger partial charge in [0.2, 0.25) is 0 Å². The minimum absolute atomic E-state index is 0.277. The molecule has 140 valence electrons. The van der Waals surface area contributed by atoms with Crippen molar-refractivity contribution < 1.29 is 19.3 Å². The van der Waals surface area contributed by atoms with Gasteiger partial charge in [0.15, 0.2) is 0 Å². The first kappa shape index (κ1) is 18.6. The summed E-state index contributed by atoms with van der Waals surface area (Å²) < 4.78 is 16.9. The van der Waals surface area contributed by atoms with E-state index in [9.17, 15) is 5.11 Å². The van der Waals surface area contributed by atoms with E-state index in [4.69, 9.17) is 14.2 Å². The highest BCUT2D eigenvalue weighted by Crippen LogP contribution is 2.24. The molecule has 0 radical (unpaired) electrons. The monoisotopic (exact) mass is 364 g/mol. The maximum atomic E-state index is 9.56. The molecule has 4 nitrogen and oxygen atoms in total. The van der Waals surface area contributed by atoms with Crippen molar-refractivity contribution in [2.24, 2.45) is 0 Å². The van der Waals surface area contributed by atoms with Crippen molar-refractivity contribution in [1.29, 1.82) is 0 Å². The van der Waals surface area contributed by atoms with Gasteiger partial charge in [0.1, 0.15) is 36.2 Å². The van der Waals surface area contributed by atoms with E-state index in [1.807, 2.05) is 62.4 Å². The first-order valence-electron chi connectivity index (χ1n) is 8.83. The molecule has 0 fully saturated rings. The third-order valence-electron chi connectivity index (χ3n) is 4.37. The number of hydrogen-bond acceptors (Lipinski definition) is 4. The maximum absolute atomic E-state index is 9.56. The molecular formula is C23H24O4. The van der Waals surface area contributed by atoms with E-state index in [0.29, 0.717) is 13.2 Å². The molecule has 0 aromatic heterocycles. The van der Waals surface area contributed by atoms with Crippen molar-refractivity contribution in [3.8, 4) is 23.0 Å². The Morgan fingerprint density at radius 2 is 1.22 bits per heavy atom. The van der Waals surface area contributed by atoms with E-state index in [2.05, 4.69) is 0 Å². The topological polar surface area (TPSA) is 47.9 Å². The minimum atomic E-state index is 0.277. The predicted molar refractivity (Wildman–Crippen MR) is 106 cm³/mol. The van der Waals surface area contributed by atoms with E-state index in [-0.39, 0.29) is 5.75 Å². The normalized spacial score (nSPS) is 10.5. The lowest BCUT2D eigenvalue weighted by atomic mass is 10.1. The lowest BCUT2D eigenvalue weighted by molar-refractivity contribution is 0.302. The van der Waals surface area contributed by atoms with Gasteiger partial charge in [-0.15, -0.1) is 0 Å². The summed E-state index contributed by atoms with van der Waals surface area (Å²) in [6, 6.07) is 19.2. The van der Waals surface area contributed by atoms with E-state index in [0.717, 1.165) is 39.5 Å². The van der Waals surface area contributed by atoms with Crippen LogP contribution >= 0.6 is 0 Å². The molecule has 0 aliphatic rings. The number of ether oxygens (including phenoxy) is 3. The molecule has 3 aromatic carbocycles. The number of phenols is 1. The van der Waals surface area contributed by atoms with Crippen LogP contribution in [0.25, 0.3) is 0 Å². The van der Waals surface area contributed by atoms with E-state index in [1.165, 1.54) is 0 Å². The molecule has 27 heavy (non-hydrogen) atoms. The summed E-state index contributed by atoms with van der Waals surface area (Å²) in [6.45, 7) is 4.82. The van der Waals surface area contributed by atoms with Crippen LogP contribution in [0.4, 0.5) is 0 Å². The molecule has 0 heterocycles. The molecule has 0 saturated carbocycles. The highest BCUT2D eigenvalue weighted by atomic mass is 16.5. The van der Waals surface area contributed by atoms with Gasteiger partial charge in [-0.05, 0) is 72.5 Å². The third kappa shape index (κ3) is 4.94. The SMILES string of the molecule is COc1ccc(OCc2ccc(COc3ccc(O)c(C)c3)cc2)cc1C. The molecule has 1 N–H and O–H groups in total. The first-order valence-corrected chi connectivity index (χ1v) is 8.83. The van der Waals surface area contributed by atoms with Gasteiger partial charge < -0.3 is 19.3 Å². The zero-order valence-electron chi connectivity index (χ0n) is 15.9. The molecule has 3 aromatic rings. The number of hydrogen-bond donors (Lipinski definition) is 1. The number of aromatic hydroxyl groups is 1. The summed E-state index contributed by atoms with van der Waals surface area (Å²) in [7, 11) is 1.66. The second kappa shape index (κ2) is 8.49. The van der Waals surface area contributed by atoms with Gasteiger partial charge in [-0.2, -0.15) is 0 Å². The fourth-order valence-corrected chi connectivity index (χ4v) is 2.72. The minimum Gasteiger partial charge on any atom is -0.508 e. The number of benzene rings is 3. The van der Waals surface area contributed by atoms with Crippen LogP contribution in [0.2, 0.25) is 0 Å². The summed E-state index contributed by atoms with van der Waals surface area (Å²) in [4.78, 5) is 0. The molecule has 0 amide bonds. The fourth-order valence-electron chi connectivity index (χ4n) is 2.72. The predicted octanol–water partition coefficient (Wildman–Crippen LogP) is 5.18. The van der Waals surface area contributed by atoms with E-state index < -0.39 is 0 Å². The molecule has 0 spiro atoms. The lowest BCUT2D eigenvalue weighted by Crippen LogP contribution is -1.99. The van der Waals surface area contributed by atoms with Gasteiger partial charge in [0.05, 0.1) is 7.11 Å². The van der Waals surface area contributed by atoms with Crippen LogP contribution in [-0.2, 0) is 13.2 Å². The van der Waals surface area contributed by atoms with Crippen LogP contribution in [0.3, 0.4) is 0 Å². The van der Waals surface area contributed by atoms with Crippen molar-refractivity contribution >= 4 is 0 Å². The molecular weight excluding hydrogens is 340 g/mol. The van der Waals surface area contributed by atoms with Crippen molar-refractivity contribution in [2.45, 2.75) is 27.1 Å². The second-order valence-corrected chi connectivity index (χ2v) is 6.47. The quantitative estimate of drug-likeness (QED) is 0.628. The van der Waals surface area contributed by atoms with Gasteiger partial charge in [-0.1, -0.05) is 24.3 Å². The third-order valence-corrected chi connectivity index (χ3v) is 4.37. The fraction of sp³-hybridized carbons (Fsp3) is 0.217. The molecule has 0 saturated heterocycles. The molecule has 4 heteroatoms. The highest BCUT2D eigenvalue weighted by Gasteiger charge is 2.03. The Morgan fingerprint density at radius 3 is 1.70 bits per heavy atom. The molecule has 0 aliphatic heterocycles. The lowest BCUT2D eigenvalue weighted by Gasteiger charge is -2.11. The van der Waals surface area contributed by atoms with Crippen molar-refractivity contribution in [3.05, 3.63) is 82.9 Å².